The molecule has 260 valence electrons. The van der Waals surface area contributed by atoms with Crippen LogP contribution < -0.4 is 0 Å². The summed E-state index contributed by atoms with van der Waals surface area (Å²) in [6.07, 6.45) is 18.5. The van der Waals surface area contributed by atoms with Crippen LogP contribution in [0.5, 0.6) is 0 Å². The van der Waals surface area contributed by atoms with Crippen molar-refractivity contribution >= 4 is 11.1 Å². The molecule has 0 radical (unpaired) electrons. The van der Waals surface area contributed by atoms with Gasteiger partial charge < -0.3 is 0 Å². The topological polar surface area (TPSA) is 0 Å². The normalized spacial score (nSPS) is 22.5. The summed E-state index contributed by atoms with van der Waals surface area (Å²) in [5.41, 5.74) is 24.7. The van der Waals surface area contributed by atoms with Crippen molar-refractivity contribution in [2.45, 2.75) is 71.1 Å². The zero-order valence-corrected chi connectivity index (χ0v) is 31.3. The number of allylic oxidation sites excluding steroid dienone is 10. The smallest absolute Gasteiger partial charge is 0.0105 e. The Labute approximate surface area is 316 Å². The maximum Gasteiger partial charge on any atom is 0.0105 e. The molecule has 0 saturated carbocycles. The molecule has 5 aliphatic rings. The fraction of sp³-hybridized carbons (Fsp3) is 0.245. The van der Waals surface area contributed by atoms with Gasteiger partial charge in [-0.2, -0.15) is 0 Å². The van der Waals surface area contributed by atoms with E-state index in [0.717, 1.165) is 38.5 Å². The van der Waals surface area contributed by atoms with E-state index in [1.54, 1.807) is 16.7 Å². The van der Waals surface area contributed by atoms with Crippen molar-refractivity contribution in [3.63, 3.8) is 0 Å². The van der Waals surface area contributed by atoms with Gasteiger partial charge in [-0.25, -0.2) is 0 Å². The highest BCUT2D eigenvalue weighted by Crippen LogP contribution is 2.53. The zero-order valence-electron chi connectivity index (χ0n) is 31.3. The lowest BCUT2D eigenvalue weighted by atomic mass is 9.68. The molecule has 0 N–H and O–H groups in total. The Bertz CT molecular complexity index is 2450. The molecule has 0 aliphatic heterocycles. The summed E-state index contributed by atoms with van der Waals surface area (Å²) in [6, 6.07) is 42.2. The summed E-state index contributed by atoms with van der Waals surface area (Å²) in [5.74, 6) is 2.00. The molecule has 0 bridgehead atoms. The molecule has 0 spiro atoms. The molecular formula is C53H48. The fourth-order valence-corrected chi connectivity index (χ4v) is 10.8. The second-order valence-corrected chi connectivity index (χ2v) is 16.2. The monoisotopic (exact) mass is 684 g/mol. The van der Waals surface area contributed by atoms with Crippen LogP contribution in [0.3, 0.4) is 0 Å². The number of benzene rings is 5. The van der Waals surface area contributed by atoms with E-state index in [1.807, 2.05) is 0 Å². The summed E-state index contributed by atoms with van der Waals surface area (Å²) in [5, 5.41) is 0. The molecule has 0 fully saturated rings. The molecule has 5 aromatic rings. The molecule has 5 aromatic carbocycles. The third kappa shape index (κ3) is 5.25. The van der Waals surface area contributed by atoms with Gasteiger partial charge in [0, 0.05) is 11.8 Å². The van der Waals surface area contributed by atoms with E-state index in [1.165, 1.54) is 77.9 Å². The minimum Gasteiger partial charge on any atom is -0.0842 e. The number of rotatable bonds is 6. The fourth-order valence-electron chi connectivity index (χ4n) is 10.8. The zero-order chi connectivity index (χ0) is 35.6. The highest BCUT2D eigenvalue weighted by Gasteiger charge is 2.34. The molecular weight excluding hydrogens is 637 g/mol. The number of hydrogen-bond acceptors (Lipinski definition) is 0. The van der Waals surface area contributed by atoms with Gasteiger partial charge in [0.15, 0.2) is 0 Å². The molecule has 0 nitrogen and oxygen atoms in total. The first-order chi connectivity index (χ1) is 26.1. The van der Waals surface area contributed by atoms with Crippen molar-refractivity contribution in [1.82, 2.24) is 0 Å². The largest absolute Gasteiger partial charge is 0.0842 e. The Kier molecular flexibility index (Phi) is 7.98. The summed E-state index contributed by atoms with van der Waals surface area (Å²) >= 11 is 0. The van der Waals surface area contributed by atoms with E-state index < -0.39 is 0 Å². The van der Waals surface area contributed by atoms with Crippen LogP contribution in [0.1, 0.15) is 98.1 Å². The van der Waals surface area contributed by atoms with Crippen LogP contribution in [-0.4, -0.2) is 0 Å². The van der Waals surface area contributed by atoms with Crippen molar-refractivity contribution < 1.29 is 0 Å². The van der Waals surface area contributed by atoms with Gasteiger partial charge in [-0.15, -0.1) is 0 Å². The van der Waals surface area contributed by atoms with E-state index in [9.17, 15) is 0 Å². The molecule has 0 heterocycles. The van der Waals surface area contributed by atoms with Gasteiger partial charge in [-0.3, -0.25) is 0 Å². The van der Waals surface area contributed by atoms with Crippen LogP contribution in [-0.2, 0) is 6.42 Å². The minimum absolute atomic E-state index is 0.416. The van der Waals surface area contributed by atoms with Crippen LogP contribution in [0, 0.1) is 11.8 Å². The van der Waals surface area contributed by atoms with E-state index in [4.69, 9.17) is 0 Å². The molecule has 4 atom stereocenters. The van der Waals surface area contributed by atoms with Gasteiger partial charge in [0.1, 0.15) is 0 Å². The maximum atomic E-state index is 2.54. The Balaban J connectivity index is 1.15. The summed E-state index contributed by atoms with van der Waals surface area (Å²) in [7, 11) is 0. The van der Waals surface area contributed by atoms with E-state index in [0.29, 0.717) is 23.7 Å². The first kappa shape index (κ1) is 32.5. The van der Waals surface area contributed by atoms with Crippen molar-refractivity contribution in [2.24, 2.45) is 11.8 Å². The SMILES string of the molecule is CCC1c2ccccc2-c2cccc(-c3ccc(C4=C(C5=CC=CCC5)C(C)C4)c(-c4cccc(C5=C6C(C)Cc7ccccc7C6CC=C5)c4)c3)c21. The van der Waals surface area contributed by atoms with Crippen molar-refractivity contribution in [2.75, 3.05) is 0 Å². The molecule has 53 heavy (non-hydrogen) atoms. The van der Waals surface area contributed by atoms with E-state index in [-0.39, 0.29) is 0 Å². The Hall–Kier alpha value is -5.20. The lowest BCUT2D eigenvalue weighted by molar-refractivity contribution is 0.563. The summed E-state index contributed by atoms with van der Waals surface area (Å²) < 4.78 is 0. The maximum absolute atomic E-state index is 2.54. The lowest BCUT2D eigenvalue weighted by Crippen LogP contribution is -2.22. The van der Waals surface area contributed by atoms with Crippen molar-refractivity contribution in [1.29, 1.82) is 0 Å². The van der Waals surface area contributed by atoms with Gasteiger partial charge in [-0.1, -0.05) is 154 Å². The second-order valence-electron chi connectivity index (χ2n) is 16.2. The molecule has 0 heteroatoms. The van der Waals surface area contributed by atoms with Crippen LogP contribution in [0.15, 0.2) is 156 Å². The first-order valence-electron chi connectivity index (χ1n) is 20.1. The summed E-state index contributed by atoms with van der Waals surface area (Å²) in [6.45, 7) is 7.22. The Morgan fingerprint density at radius 1 is 0.623 bits per heavy atom. The third-order valence-electron chi connectivity index (χ3n) is 13.1. The molecule has 10 rings (SSSR count). The molecule has 0 aromatic heterocycles. The molecule has 5 aliphatic carbocycles. The van der Waals surface area contributed by atoms with Gasteiger partial charge in [0.05, 0.1) is 0 Å². The average molecular weight is 685 g/mol. The highest BCUT2D eigenvalue weighted by molar-refractivity contribution is 5.93. The van der Waals surface area contributed by atoms with Gasteiger partial charge in [-0.05, 0) is 152 Å². The predicted octanol–water partition coefficient (Wildman–Crippen LogP) is 14.3. The number of hydrogen-bond donors (Lipinski definition) is 0. The third-order valence-corrected chi connectivity index (χ3v) is 13.1. The van der Waals surface area contributed by atoms with Gasteiger partial charge in [0.2, 0.25) is 0 Å². The van der Waals surface area contributed by atoms with Crippen molar-refractivity contribution in [3.05, 3.63) is 190 Å². The first-order valence-corrected chi connectivity index (χ1v) is 20.1. The lowest BCUT2D eigenvalue weighted by Gasteiger charge is -2.36. The predicted molar refractivity (Wildman–Crippen MR) is 225 cm³/mol. The minimum atomic E-state index is 0.416. The molecule has 4 unspecified atom stereocenters. The Morgan fingerprint density at radius 2 is 1.40 bits per heavy atom. The molecule has 0 amide bonds. The quantitative estimate of drug-likeness (QED) is 0.167. The van der Waals surface area contributed by atoms with Crippen LogP contribution >= 0.6 is 0 Å². The standard InChI is InChI=1S/C53H48/c1-4-40-44-21-10-11-22-45(44)48-26-14-24-43(53(40)48)39-27-28-46(50-30-34(3)51(50)35-15-6-5-7-16-35)49(32-39)38-19-12-18-37(31-38)42-23-13-25-47-41-20-9-8-17-36(41)29-33(2)52(42)47/h5-6,8-15,17-24,26-28,31-34,40,47H,4,7,16,25,29-30H2,1-3H3. The second kappa shape index (κ2) is 13.0. The number of fused-ring (bicyclic) bond motifs is 6. The van der Waals surface area contributed by atoms with E-state index >= 15 is 0 Å². The summed E-state index contributed by atoms with van der Waals surface area (Å²) in [4.78, 5) is 0. The van der Waals surface area contributed by atoms with Gasteiger partial charge in [0.25, 0.3) is 0 Å². The highest BCUT2D eigenvalue weighted by atomic mass is 14.4. The van der Waals surface area contributed by atoms with E-state index in [2.05, 4.69) is 160 Å². The van der Waals surface area contributed by atoms with Crippen LogP contribution in [0.2, 0.25) is 0 Å². The van der Waals surface area contributed by atoms with Gasteiger partial charge >= 0.3 is 0 Å². The Morgan fingerprint density at radius 3 is 2.25 bits per heavy atom. The molecule has 0 saturated heterocycles. The van der Waals surface area contributed by atoms with Crippen molar-refractivity contribution in [3.8, 4) is 33.4 Å². The van der Waals surface area contributed by atoms with Crippen LogP contribution in [0.25, 0.3) is 44.5 Å². The van der Waals surface area contributed by atoms with Crippen LogP contribution in [0.4, 0.5) is 0 Å². The average Bonchev–Trinajstić information content (AvgIpc) is 3.54.